The van der Waals surface area contributed by atoms with Crippen LogP contribution in [0.15, 0.2) is 18.3 Å². The van der Waals surface area contributed by atoms with Crippen LogP contribution in [0.25, 0.3) is 0 Å². The zero-order valence-corrected chi connectivity index (χ0v) is 18.4. The van der Waals surface area contributed by atoms with Crippen LogP contribution in [0.5, 0.6) is 0 Å². The van der Waals surface area contributed by atoms with Gasteiger partial charge in [0, 0.05) is 18.7 Å². The molecule has 5 rings (SSSR count). The van der Waals surface area contributed by atoms with E-state index in [4.69, 9.17) is 27.9 Å². The highest BCUT2D eigenvalue weighted by Crippen LogP contribution is 2.54. The first-order valence-corrected chi connectivity index (χ1v) is 11.1. The topological polar surface area (TPSA) is 71.5 Å². The summed E-state index contributed by atoms with van der Waals surface area (Å²) in [5, 5.41) is 0.302. The fourth-order valence-corrected chi connectivity index (χ4v) is 5.69. The Bertz CT molecular complexity index is 984. The van der Waals surface area contributed by atoms with E-state index in [0.29, 0.717) is 17.1 Å². The maximum Gasteiger partial charge on any atom is 0.243 e. The largest absolute Gasteiger partial charge is 0.372 e. The first kappa shape index (κ1) is 20.0. The van der Waals surface area contributed by atoms with Crippen molar-refractivity contribution >= 4 is 46.4 Å². The predicted octanol–water partition coefficient (Wildman–Crippen LogP) is 4.28. The second-order valence-corrected chi connectivity index (χ2v) is 9.14. The quantitative estimate of drug-likeness (QED) is 0.505. The monoisotopic (exact) mass is 447 g/mol. The maximum absolute atomic E-state index is 13.6. The Labute approximate surface area is 185 Å². The molecule has 0 radical (unpaired) electrons. The molecule has 0 bridgehead atoms. The molecule has 0 aromatic carbocycles. The van der Waals surface area contributed by atoms with Gasteiger partial charge < -0.3 is 9.64 Å². The summed E-state index contributed by atoms with van der Waals surface area (Å²) in [5.41, 5.74) is 0.704. The van der Waals surface area contributed by atoms with E-state index in [0.717, 1.165) is 44.6 Å². The summed E-state index contributed by atoms with van der Waals surface area (Å²) in [4.78, 5) is 30.6. The average Bonchev–Trinajstić information content (AvgIpc) is 3.26. The maximum atomic E-state index is 13.6. The highest BCUT2D eigenvalue weighted by molar-refractivity contribution is 6.34. The lowest BCUT2D eigenvalue weighted by Crippen LogP contribution is -2.45. The van der Waals surface area contributed by atoms with Crippen LogP contribution in [-0.4, -0.2) is 46.2 Å². The molecule has 4 heterocycles. The second-order valence-electron chi connectivity index (χ2n) is 8.45. The number of pyridine rings is 1. The summed E-state index contributed by atoms with van der Waals surface area (Å²) < 4.78 is 5.81. The Balaban J connectivity index is 1.53. The molecular weight excluding hydrogens is 425 g/mol. The Morgan fingerprint density at radius 2 is 1.80 bits per heavy atom. The molecule has 0 unspecified atom stereocenters. The highest BCUT2D eigenvalue weighted by atomic mass is 35.5. The molecule has 7 nitrogen and oxygen atoms in total. The summed E-state index contributed by atoms with van der Waals surface area (Å²) in [7, 11) is 0. The minimum Gasteiger partial charge on any atom is -0.372 e. The zero-order chi connectivity index (χ0) is 21.0. The van der Waals surface area contributed by atoms with Crippen LogP contribution in [0, 0.1) is 0 Å². The number of morpholine rings is 1. The van der Waals surface area contributed by atoms with Crippen molar-refractivity contribution in [3.63, 3.8) is 0 Å². The predicted molar refractivity (Wildman–Crippen MR) is 116 cm³/mol. The van der Waals surface area contributed by atoms with Gasteiger partial charge in [0.1, 0.15) is 11.0 Å². The third-order valence-corrected chi connectivity index (χ3v) is 6.76. The number of aromatic nitrogens is 3. The van der Waals surface area contributed by atoms with Crippen molar-refractivity contribution in [3.8, 4) is 0 Å². The normalized spacial score (nSPS) is 25.3. The lowest BCUT2D eigenvalue weighted by molar-refractivity contribution is -0.122. The summed E-state index contributed by atoms with van der Waals surface area (Å²) in [6, 6.07) is 3.85. The molecule has 2 aromatic rings. The van der Waals surface area contributed by atoms with Crippen LogP contribution in [0.2, 0.25) is 10.4 Å². The molecule has 3 aliphatic rings. The van der Waals surface area contributed by atoms with Crippen LogP contribution >= 0.6 is 23.2 Å². The molecule has 2 fully saturated rings. The summed E-state index contributed by atoms with van der Waals surface area (Å²) in [5.74, 6) is 1.33. The van der Waals surface area contributed by atoms with Crippen molar-refractivity contribution in [2.75, 3.05) is 22.9 Å². The van der Waals surface area contributed by atoms with Crippen LogP contribution in [0.1, 0.15) is 45.1 Å². The molecule has 1 saturated carbocycles. The summed E-state index contributed by atoms with van der Waals surface area (Å²) >= 11 is 12.6. The lowest BCUT2D eigenvalue weighted by atomic mass is 9.81. The van der Waals surface area contributed by atoms with Crippen molar-refractivity contribution in [2.24, 2.45) is 0 Å². The molecule has 2 aliphatic heterocycles. The van der Waals surface area contributed by atoms with Crippen LogP contribution in [0.3, 0.4) is 0 Å². The van der Waals surface area contributed by atoms with Gasteiger partial charge in [-0.05, 0) is 50.4 Å². The molecule has 158 valence electrons. The molecule has 1 amide bonds. The number of hydrogen-bond acceptors (Lipinski definition) is 6. The smallest absolute Gasteiger partial charge is 0.243 e. The van der Waals surface area contributed by atoms with Crippen molar-refractivity contribution in [3.05, 3.63) is 34.3 Å². The number of hydrogen-bond donors (Lipinski definition) is 0. The molecule has 2 aromatic heterocycles. The van der Waals surface area contributed by atoms with Crippen molar-refractivity contribution < 1.29 is 9.53 Å². The average molecular weight is 448 g/mol. The second kappa shape index (κ2) is 7.32. The number of carbonyl (C=O) groups is 1. The Morgan fingerprint density at radius 1 is 1.10 bits per heavy atom. The highest BCUT2D eigenvalue weighted by Gasteiger charge is 2.55. The van der Waals surface area contributed by atoms with Gasteiger partial charge in [0.2, 0.25) is 11.2 Å². The SMILES string of the molecule is C[C@@H]1CN(c2ccc(N3C(=O)C4(CCCC4)c4c(Cl)nc(Cl)nc43)cn2)C[C@H](C)O1. The molecular formula is C21H23Cl2N5O2. The van der Waals surface area contributed by atoms with E-state index in [9.17, 15) is 4.79 Å². The molecule has 1 spiro atoms. The van der Waals surface area contributed by atoms with Gasteiger partial charge in [0.05, 0.1) is 29.5 Å². The summed E-state index contributed by atoms with van der Waals surface area (Å²) in [6.07, 6.45) is 5.45. The third kappa shape index (κ3) is 3.06. The molecule has 1 saturated heterocycles. The van der Waals surface area contributed by atoms with E-state index < -0.39 is 5.41 Å². The molecule has 9 heteroatoms. The standard InChI is InChI=1S/C21H23Cl2N5O2/c1-12-10-27(11-13(2)30-12)15-6-5-14(9-24-15)28-18-16(17(22)25-20(23)26-18)21(19(28)29)7-3-4-8-21/h5-6,9,12-13H,3-4,7-8,10-11H2,1-2H3/t12-,13+. The van der Waals surface area contributed by atoms with Gasteiger partial charge in [0.15, 0.2) is 5.82 Å². The van der Waals surface area contributed by atoms with E-state index in [2.05, 4.69) is 33.7 Å². The van der Waals surface area contributed by atoms with E-state index in [1.54, 1.807) is 11.1 Å². The number of nitrogens with zero attached hydrogens (tertiary/aromatic N) is 5. The van der Waals surface area contributed by atoms with Crippen LogP contribution in [-0.2, 0) is 14.9 Å². The van der Waals surface area contributed by atoms with E-state index >= 15 is 0 Å². The third-order valence-electron chi connectivity index (χ3n) is 6.31. The van der Waals surface area contributed by atoms with Crippen LogP contribution < -0.4 is 9.80 Å². The Hall–Kier alpha value is -1.96. The van der Waals surface area contributed by atoms with E-state index in [1.165, 1.54) is 0 Å². The lowest BCUT2D eigenvalue weighted by Gasteiger charge is -2.36. The van der Waals surface area contributed by atoms with Crippen LogP contribution in [0.4, 0.5) is 17.3 Å². The van der Waals surface area contributed by atoms with Gasteiger partial charge >= 0.3 is 0 Å². The van der Waals surface area contributed by atoms with Gasteiger partial charge in [-0.15, -0.1) is 0 Å². The molecule has 30 heavy (non-hydrogen) atoms. The Kier molecular flexibility index (Phi) is 4.87. The zero-order valence-electron chi connectivity index (χ0n) is 16.9. The number of fused-ring (bicyclic) bond motifs is 2. The number of ether oxygens (including phenoxy) is 1. The summed E-state index contributed by atoms with van der Waals surface area (Å²) in [6.45, 7) is 5.68. The number of halogens is 2. The molecule has 1 aliphatic carbocycles. The van der Waals surface area contributed by atoms with Crippen molar-refractivity contribution in [1.29, 1.82) is 0 Å². The fourth-order valence-electron chi connectivity index (χ4n) is 5.13. The minimum atomic E-state index is -0.662. The van der Waals surface area contributed by atoms with E-state index in [1.807, 2.05) is 12.1 Å². The fraction of sp³-hybridized carbons (Fsp3) is 0.524. The van der Waals surface area contributed by atoms with Crippen molar-refractivity contribution in [2.45, 2.75) is 57.2 Å². The number of amides is 1. The van der Waals surface area contributed by atoms with Gasteiger partial charge in [-0.3, -0.25) is 9.69 Å². The van der Waals surface area contributed by atoms with Gasteiger partial charge in [0.25, 0.3) is 0 Å². The van der Waals surface area contributed by atoms with Gasteiger partial charge in [-0.25, -0.2) is 9.97 Å². The number of rotatable bonds is 2. The number of carbonyl (C=O) groups excluding carboxylic acids is 1. The molecule has 2 atom stereocenters. The Morgan fingerprint density at radius 3 is 2.43 bits per heavy atom. The van der Waals surface area contributed by atoms with Gasteiger partial charge in [-0.1, -0.05) is 24.4 Å². The van der Waals surface area contributed by atoms with Gasteiger partial charge in [-0.2, -0.15) is 4.98 Å². The van der Waals surface area contributed by atoms with Crippen molar-refractivity contribution in [1.82, 2.24) is 15.0 Å². The first-order valence-electron chi connectivity index (χ1n) is 10.3. The van der Waals surface area contributed by atoms with E-state index in [-0.39, 0.29) is 28.6 Å². The molecule has 0 N–H and O–H groups in total. The first-order chi connectivity index (χ1) is 14.4. The number of anilines is 3. The minimum absolute atomic E-state index is 0.0170.